The van der Waals surface area contributed by atoms with Gasteiger partial charge in [-0.3, -0.25) is 4.79 Å². The van der Waals surface area contributed by atoms with Crippen molar-refractivity contribution < 1.29 is 19.1 Å². The third-order valence-electron chi connectivity index (χ3n) is 6.04. The van der Waals surface area contributed by atoms with Gasteiger partial charge in [0.25, 0.3) is 0 Å². The van der Waals surface area contributed by atoms with Gasteiger partial charge < -0.3 is 25.0 Å². The molecule has 1 amide bonds. The predicted octanol–water partition coefficient (Wildman–Crippen LogP) is 2.42. The number of nitrogens with one attached hydrogen (secondary N) is 1. The van der Waals surface area contributed by atoms with Crippen LogP contribution in [-0.2, 0) is 9.59 Å². The van der Waals surface area contributed by atoms with Gasteiger partial charge in [0.1, 0.15) is 5.82 Å². The smallest absolute Gasteiger partial charge is 0.228 e. The van der Waals surface area contributed by atoms with Gasteiger partial charge in [-0.05, 0) is 61.4 Å². The maximum absolute atomic E-state index is 13.1. The SMILES string of the molecule is O=C([O-])[C@H]1CC=CC[C@H]1C(=O)Nc1ccc(N2CCN(c3ccc(F)cc3)CC2)cc1. The second-order valence-corrected chi connectivity index (χ2v) is 7.96. The standard InChI is InChI=1S/C24H26FN3O3/c25-17-5-9-19(10-6-17)27-13-15-28(16-14-27)20-11-7-18(8-12-20)26-23(29)21-3-1-2-4-22(21)24(30)31/h1-2,5-12,21-22H,3-4,13-16H2,(H,26,29)(H,30,31)/p-1/t21-,22+/m1/s1. The normalized spacial score (nSPS) is 21.1. The number of rotatable bonds is 5. The molecular formula is C24H25FN3O3-. The minimum Gasteiger partial charge on any atom is -0.550 e. The number of aliphatic carboxylic acids is 1. The van der Waals surface area contributed by atoms with Crippen LogP contribution >= 0.6 is 0 Å². The first kappa shape index (κ1) is 20.9. The van der Waals surface area contributed by atoms with Gasteiger partial charge in [0.05, 0.1) is 5.92 Å². The van der Waals surface area contributed by atoms with Crippen molar-refractivity contribution in [2.75, 3.05) is 41.3 Å². The monoisotopic (exact) mass is 422 g/mol. The summed E-state index contributed by atoms with van der Waals surface area (Å²) >= 11 is 0. The van der Waals surface area contributed by atoms with Gasteiger partial charge in [-0.1, -0.05) is 12.2 Å². The molecule has 2 aromatic rings. The number of anilines is 3. The topological polar surface area (TPSA) is 75.7 Å². The summed E-state index contributed by atoms with van der Waals surface area (Å²) < 4.78 is 13.1. The van der Waals surface area contributed by atoms with Crippen molar-refractivity contribution >= 4 is 28.9 Å². The van der Waals surface area contributed by atoms with E-state index in [1.807, 2.05) is 30.3 Å². The molecular weight excluding hydrogens is 397 g/mol. The van der Waals surface area contributed by atoms with Crippen molar-refractivity contribution in [2.24, 2.45) is 11.8 Å². The lowest BCUT2D eigenvalue weighted by atomic mass is 9.82. The second kappa shape index (κ2) is 9.20. The van der Waals surface area contributed by atoms with Crippen molar-refractivity contribution in [2.45, 2.75) is 12.8 Å². The van der Waals surface area contributed by atoms with E-state index in [1.54, 1.807) is 18.2 Å². The molecule has 0 saturated carbocycles. The van der Waals surface area contributed by atoms with Crippen LogP contribution in [0, 0.1) is 17.7 Å². The molecule has 1 saturated heterocycles. The summed E-state index contributed by atoms with van der Waals surface area (Å²) in [6, 6.07) is 14.2. The second-order valence-electron chi connectivity index (χ2n) is 7.96. The van der Waals surface area contributed by atoms with E-state index in [2.05, 4.69) is 15.1 Å². The zero-order valence-corrected chi connectivity index (χ0v) is 17.2. The van der Waals surface area contributed by atoms with Gasteiger partial charge in [-0.25, -0.2) is 4.39 Å². The fourth-order valence-corrected chi connectivity index (χ4v) is 4.23. The van der Waals surface area contributed by atoms with Crippen LogP contribution in [0.1, 0.15) is 12.8 Å². The Labute approximate surface area is 181 Å². The lowest BCUT2D eigenvalue weighted by Gasteiger charge is -2.37. The molecule has 0 radical (unpaired) electrons. The molecule has 0 aromatic heterocycles. The molecule has 31 heavy (non-hydrogen) atoms. The van der Waals surface area contributed by atoms with Crippen LogP contribution in [0.2, 0.25) is 0 Å². The Morgan fingerprint density at radius 1 is 0.806 bits per heavy atom. The Hall–Kier alpha value is -3.35. The number of carbonyl (C=O) groups is 2. The number of hydrogen-bond donors (Lipinski definition) is 1. The van der Waals surface area contributed by atoms with Crippen LogP contribution in [-0.4, -0.2) is 38.1 Å². The average Bonchev–Trinajstić information content (AvgIpc) is 2.80. The van der Waals surface area contributed by atoms with Gasteiger partial charge >= 0.3 is 0 Å². The van der Waals surface area contributed by atoms with Crippen LogP contribution in [0.25, 0.3) is 0 Å². The molecule has 1 heterocycles. The van der Waals surface area contributed by atoms with E-state index < -0.39 is 17.8 Å². The molecule has 1 aliphatic carbocycles. The molecule has 7 heteroatoms. The van der Waals surface area contributed by atoms with E-state index in [-0.39, 0.29) is 11.7 Å². The van der Waals surface area contributed by atoms with Gasteiger partial charge in [0.15, 0.2) is 0 Å². The number of allylic oxidation sites excluding steroid dienone is 2. The van der Waals surface area contributed by atoms with Gasteiger partial charge in [0.2, 0.25) is 5.91 Å². The largest absolute Gasteiger partial charge is 0.550 e. The zero-order valence-electron chi connectivity index (χ0n) is 17.2. The van der Waals surface area contributed by atoms with Crippen molar-refractivity contribution in [1.82, 2.24) is 0 Å². The fraction of sp³-hybridized carbons (Fsp3) is 0.333. The van der Waals surface area contributed by atoms with Crippen LogP contribution in [0.5, 0.6) is 0 Å². The number of benzene rings is 2. The molecule has 1 N–H and O–H groups in total. The van der Waals surface area contributed by atoms with Crippen molar-refractivity contribution in [3.63, 3.8) is 0 Å². The number of nitrogens with zero attached hydrogens (tertiary/aromatic N) is 2. The van der Waals surface area contributed by atoms with Crippen LogP contribution in [0.3, 0.4) is 0 Å². The molecule has 2 aromatic carbocycles. The summed E-state index contributed by atoms with van der Waals surface area (Å²) in [5, 5.41) is 14.2. The lowest BCUT2D eigenvalue weighted by molar-refractivity contribution is -0.313. The van der Waals surface area contributed by atoms with Crippen LogP contribution in [0.4, 0.5) is 21.5 Å². The Morgan fingerprint density at radius 2 is 1.29 bits per heavy atom. The number of amides is 1. The number of carboxylic acids is 1. The fourth-order valence-electron chi connectivity index (χ4n) is 4.23. The minimum absolute atomic E-state index is 0.232. The highest BCUT2D eigenvalue weighted by Crippen LogP contribution is 2.27. The summed E-state index contributed by atoms with van der Waals surface area (Å²) in [4.78, 5) is 28.4. The number of carboxylic acid groups (broad SMARTS) is 1. The molecule has 2 aliphatic rings. The Morgan fingerprint density at radius 3 is 1.81 bits per heavy atom. The van der Waals surface area contributed by atoms with E-state index in [0.29, 0.717) is 18.5 Å². The number of piperazine rings is 1. The van der Waals surface area contributed by atoms with Crippen LogP contribution in [0.15, 0.2) is 60.7 Å². The van der Waals surface area contributed by atoms with E-state index in [0.717, 1.165) is 37.6 Å². The first-order valence-electron chi connectivity index (χ1n) is 10.5. The quantitative estimate of drug-likeness (QED) is 0.749. The molecule has 0 spiro atoms. The molecule has 4 rings (SSSR count). The van der Waals surface area contributed by atoms with Crippen molar-refractivity contribution in [1.29, 1.82) is 0 Å². The van der Waals surface area contributed by atoms with E-state index in [9.17, 15) is 19.1 Å². The first-order valence-corrected chi connectivity index (χ1v) is 10.5. The molecule has 0 unspecified atom stereocenters. The summed E-state index contributed by atoms with van der Waals surface area (Å²) in [5.41, 5.74) is 2.72. The van der Waals surface area contributed by atoms with E-state index >= 15 is 0 Å². The predicted molar refractivity (Wildman–Crippen MR) is 116 cm³/mol. The molecule has 6 nitrogen and oxygen atoms in total. The van der Waals surface area contributed by atoms with Crippen LogP contribution < -0.4 is 20.2 Å². The third-order valence-corrected chi connectivity index (χ3v) is 6.04. The molecule has 162 valence electrons. The average molecular weight is 422 g/mol. The summed E-state index contributed by atoms with van der Waals surface area (Å²) in [6.07, 6.45) is 4.36. The maximum Gasteiger partial charge on any atom is 0.228 e. The molecule has 2 atom stereocenters. The highest BCUT2D eigenvalue weighted by molar-refractivity contribution is 5.95. The maximum atomic E-state index is 13.1. The van der Waals surface area contributed by atoms with Gasteiger partial charge in [0, 0.05) is 55.1 Å². The highest BCUT2D eigenvalue weighted by Gasteiger charge is 2.29. The van der Waals surface area contributed by atoms with Crippen molar-refractivity contribution in [3.05, 3.63) is 66.5 Å². The number of hydrogen-bond acceptors (Lipinski definition) is 5. The molecule has 0 bridgehead atoms. The summed E-state index contributed by atoms with van der Waals surface area (Å²) in [7, 11) is 0. The Kier molecular flexibility index (Phi) is 6.21. The summed E-state index contributed by atoms with van der Waals surface area (Å²) in [5.74, 6) is -3.11. The summed E-state index contributed by atoms with van der Waals surface area (Å²) in [6.45, 7) is 3.35. The molecule has 1 fully saturated rings. The number of halogens is 1. The van der Waals surface area contributed by atoms with Crippen molar-refractivity contribution in [3.8, 4) is 0 Å². The highest BCUT2D eigenvalue weighted by atomic mass is 19.1. The van der Waals surface area contributed by atoms with Gasteiger partial charge in [-0.2, -0.15) is 0 Å². The number of carbonyl (C=O) groups excluding carboxylic acids is 2. The van der Waals surface area contributed by atoms with E-state index in [1.165, 1.54) is 12.1 Å². The minimum atomic E-state index is -1.18. The zero-order chi connectivity index (χ0) is 21.8. The lowest BCUT2D eigenvalue weighted by Crippen LogP contribution is -2.46. The third kappa shape index (κ3) is 4.87. The molecule has 1 aliphatic heterocycles. The first-order chi connectivity index (χ1) is 15.0. The Bertz CT molecular complexity index is 951. The van der Waals surface area contributed by atoms with Gasteiger partial charge in [-0.15, -0.1) is 0 Å². The Balaban J connectivity index is 1.33. The van der Waals surface area contributed by atoms with E-state index in [4.69, 9.17) is 0 Å².